The lowest BCUT2D eigenvalue weighted by molar-refractivity contribution is -0.274. The van der Waals surface area contributed by atoms with Crippen LogP contribution in [0.3, 0.4) is 0 Å². The standard InChI is InChI=1S/C20H24F3N5O5S/c1-3-27-12-15(11-25-27)10-24-19(30)18-13-26(14(2)29)8-9-28(18)34(31,32)17-6-4-16(5-7-17)33-20(21,22)23/h4-7,11-12,18H,3,8-10,13H2,1-2H3,(H,24,30)/t18-/m1/s1. The number of alkyl halides is 3. The molecule has 1 N–H and O–H groups in total. The molecule has 2 heterocycles. The van der Waals surface area contributed by atoms with Crippen molar-refractivity contribution in [2.24, 2.45) is 0 Å². The second-order valence-electron chi connectivity index (χ2n) is 7.54. The molecule has 3 rings (SSSR count). The van der Waals surface area contributed by atoms with Gasteiger partial charge in [-0.1, -0.05) is 0 Å². The number of piperazine rings is 1. The summed E-state index contributed by atoms with van der Waals surface area (Å²) in [5, 5.41) is 6.78. The maximum absolute atomic E-state index is 13.3. The summed E-state index contributed by atoms with van der Waals surface area (Å²) >= 11 is 0. The summed E-state index contributed by atoms with van der Waals surface area (Å²) in [6.45, 7) is 3.71. The highest BCUT2D eigenvalue weighted by atomic mass is 32.2. The fourth-order valence-electron chi connectivity index (χ4n) is 3.48. The first kappa shape index (κ1) is 25.5. The first-order chi connectivity index (χ1) is 15.9. The predicted molar refractivity (Wildman–Crippen MR) is 113 cm³/mol. The van der Waals surface area contributed by atoms with E-state index in [2.05, 4.69) is 15.2 Å². The molecule has 14 heteroatoms. The van der Waals surface area contributed by atoms with Crippen molar-refractivity contribution in [2.45, 2.75) is 44.2 Å². The highest BCUT2D eigenvalue weighted by molar-refractivity contribution is 7.89. The smallest absolute Gasteiger partial charge is 0.406 e. The van der Waals surface area contributed by atoms with Gasteiger partial charge in [-0.15, -0.1) is 13.2 Å². The maximum atomic E-state index is 13.3. The van der Waals surface area contributed by atoms with Crippen LogP contribution in [-0.4, -0.2) is 71.3 Å². The SMILES string of the molecule is CCn1cc(CNC(=O)[C@H]2CN(C(C)=O)CCN2S(=O)(=O)c2ccc(OC(F)(F)F)cc2)cn1. The number of rotatable bonds is 7. The van der Waals surface area contributed by atoms with Crippen molar-refractivity contribution < 1.29 is 35.9 Å². The molecule has 0 bridgehead atoms. The molecule has 0 unspecified atom stereocenters. The molecule has 1 atom stereocenters. The number of aromatic nitrogens is 2. The minimum atomic E-state index is -4.92. The number of aryl methyl sites for hydroxylation is 1. The van der Waals surface area contributed by atoms with Crippen LogP contribution in [0.5, 0.6) is 5.75 Å². The first-order valence-electron chi connectivity index (χ1n) is 10.3. The van der Waals surface area contributed by atoms with Crippen LogP contribution in [0, 0.1) is 0 Å². The highest BCUT2D eigenvalue weighted by Crippen LogP contribution is 2.27. The van der Waals surface area contributed by atoms with Crippen LogP contribution in [-0.2, 0) is 32.7 Å². The molecule has 0 aliphatic carbocycles. The lowest BCUT2D eigenvalue weighted by atomic mass is 10.2. The van der Waals surface area contributed by atoms with E-state index in [9.17, 15) is 31.2 Å². The molecule has 1 aromatic carbocycles. The summed E-state index contributed by atoms with van der Waals surface area (Å²) in [5.74, 6) is -1.50. The van der Waals surface area contributed by atoms with Crippen LogP contribution in [0.15, 0.2) is 41.6 Å². The fraction of sp³-hybridized carbons (Fsp3) is 0.450. The number of sulfonamides is 1. The van der Waals surface area contributed by atoms with E-state index < -0.39 is 34.1 Å². The Morgan fingerprint density at radius 3 is 2.44 bits per heavy atom. The number of benzene rings is 1. The van der Waals surface area contributed by atoms with Gasteiger partial charge in [0.15, 0.2) is 0 Å². The summed E-state index contributed by atoms with van der Waals surface area (Å²) in [5.41, 5.74) is 0.712. The van der Waals surface area contributed by atoms with Gasteiger partial charge in [0.2, 0.25) is 21.8 Å². The van der Waals surface area contributed by atoms with Gasteiger partial charge >= 0.3 is 6.36 Å². The van der Waals surface area contributed by atoms with Crippen molar-refractivity contribution in [1.82, 2.24) is 24.3 Å². The second kappa shape index (κ2) is 10.0. The molecule has 0 radical (unpaired) electrons. The average Bonchev–Trinajstić information content (AvgIpc) is 3.24. The molecule has 1 fully saturated rings. The molecule has 1 saturated heterocycles. The number of carbonyl (C=O) groups is 2. The molecule has 2 aromatic rings. The third-order valence-corrected chi connectivity index (χ3v) is 7.14. The number of hydrogen-bond acceptors (Lipinski definition) is 6. The van der Waals surface area contributed by atoms with Crippen LogP contribution in [0.25, 0.3) is 0 Å². The summed E-state index contributed by atoms with van der Waals surface area (Å²) in [7, 11) is -4.27. The molecule has 1 aliphatic heterocycles. The zero-order valence-corrected chi connectivity index (χ0v) is 19.3. The van der Waals surface area contributed by atoms with Gasteiger partial charge in [0, 0.05) is 51.4 Å². The zero-order valence-electron chi connectivity index (χ0n) is 18.4. The quantitative estimate of drug-likeness (QED) is 0.610. The van der Waals surface area contributed by atoms with E-state index in [1.165, 1.54) is 11.8 Å². The molecule has 34 heavy (non-hydrogen) atoms. The van der Waals surface area contributed by atoms with Gasteiger partial charge in [-0.25, -0.2) is 8.42 Å². The van der Waals surface area contributed by atoms with E-state index in [0.29, 0.717) is 12.1 Å². The van der Waals surface area contributed by atoms with E-state index in [4.69, 9.17) is 0 Å². The Bertz CT molecular complexity index is 1130. The minimum absolute atomic E-state index is 0.0664. The summed E-state index contributed by atoms with van der Waals surface area (Å²) in [6, 6.07) is 2.48. The van der Waals surface area contributed by atoms with Gasteiger partial charge in [-0.05, 0) is 31.2 Å². The Kier molecular flexibility index (Phi) is 7.51. The van der Waals surface area contributed by atoms with Crippen LogP contribution in [0.4, 0.5) is 13.2 Å². The van der Waals surface area contributed by atoms with Crippen molar-refractivity contribution in [1.29, 1.82) is 0 Å². The zero-order chi connectivity index (χ0) is 25.1. The Balaban J connectivity index is 1.81. The molecular weight excluding hydrogens is 479 g/mol. The number of nitrogens with one attached hydrogen (secondary N) is 1. The van der Waals surface area contributed by atoms with Crippen molar-refractivity contribution in [3.63, 3.8) is 0 Å². The van der Waals surface area contributed by atoms with Gasteiger partial charge in [0.25, 0.3) is 0 Å². The Hall–Kier alpha value is -3.13. The monoisotopic (exact) mass is 503 g/mol. The van der Waals surface area contributed by atoms with Crippen LogP contribution in [0.2, 0.25) is 0 Å². The second-order valence-corrected chi connectivity index (χ2v) is 9.43. The molecule has 10 nitrogen and oxygen atoms in total. The van der Waals surface area contributed by atoms with Crippen LogP contribution < -0.4 is 10.1 Å². The van der Waals surface area contributed by atoms with E-state index in [0.717, 1.165) is 28.6 Å². The predicted octanol–water partition coefficient (Wildman–Crippen LogP) is 1.34. The molecule has 0 saturated carbocycles. The molecule has 2 amide bonds. The molecule has 1 aliphatic rings. The van der Waals surface area contributed by atoms with E-state index >= 15 is 0 Å². The van der Waals surface area contributed by atoms with Crippen LogP contribution in [0.1, 0.15) is 19.4 Å². The third kappa shape index (κ3) is 6.05. The third-order valence-electron chi connectivity index (χ3n) is 5.22. The Morgan fingerprint density at radius 2 is 1.88 bits per heavy atom. The molecule has 0 spiro atoms. The minimum Gasteiger partial charge on any atom is -0.406 e. The van der Waals surface area contributed by atoms with Crippen molar-refractivity contribution in [2.75, 3.05) is 19.6 Å². The van der Waals surface area contributed by atoms with Gasteiger partial charge in [-0.3, -0.25) is 14.3 Å². The van der Waals surface area contributed by atoms with Gasteiger partial charge < -0.3 is 15.0 Å². The summed E-state index contributed by atoms with van der Waals surface area (Å²) < 4.78 is 70.1. The van der Waals surface area contributed by atoms with Crippen molar-refractivity contribution in [3.8, 4) is 5.75 Å². The maximum Gasteiger partial charge on any atom is 0.573 e. The van der Waals surface area contributed by atoms with Crippen LogP contribution >= 0.6 is 0 Å². The number of halogens is 3. The lowest BCUT2D eigenvalue weighted by Gasteiger charge is -2.39. The fourth-order valence-corrected chi connectivity index (χ4v) is 5.05. The number of nitrogens with zero attached hydrogens (tertiary/aromatic N) is 4. The van der Waals surface area contributed by atoms with Gasteiger partial charge in [-0.2, -0.15) is 9.40 Å². The number of ether oxygens (including phenoxy) is 1. The van der Waals surface area contributed by atoms with E-state index in [1.54, 1.807) is 17.1 Å². The molecule has 1 aromatic heterocycles. The van der Waals surface area contributed by atoms with Crippen molar-refractivity contribution in [3.05, 3.63) is 42.2 Å². The number of amides is 2. The van der Waals surface area contributed by atoms with Gasteiger partial charge in [0.05, 0.1) is 11.1 Å². The van der Waals surface area contributed by atoms with Gasteiger partial charge in [0.1, 0.15) is 11.8 Å². The number of hydrogen-bond donors (Lipinski definition) is 1. The molecule has 186 valence electrons. The average molecular weight is 504 g/mol. The normalized spacial score (nSPS) is 17.4. The molecular formula is C20H24F3N5O5S. The summed E-state index contributed by atoms with van der Waals surface area (Å²) in [6.07, 6.45) is -1.60. The van der Waals surface area contributed by atoms with E-state index in [1.807, 2.05) is 6.92 Å². The Labute approximate surface area is 194 Å². The highest BCUT2D eigenvalue weighted by Gasteiger charge is 2.41. The lowest BCUT2D eigenvalue weighted by Crippen LogP contribution is -2.61. The summed E-state index contributed by atoms with van der Waals surface area (Å²) in [4.78, 5) is 25.9. The Morgan fingerprint density at radius 1 is 1.21 bits per heavy atom. The largest absolute Gasteiger partial charge is 0.573 e. The van der Waals surface area contributed by atoms with Crippen molar-refractivity contribution >= 4 is 21.8 Å². The van der Waals surface area contributed by atoms with E-state index in [-0.39, 0.29) is 37.0 Å². The first-order valence-corrected chi connectivity index (χ1v) is 11.8. The topological polar surface area (TPSA) is 114 Å². The number of carbonyl (C=O) groups excluding carboxylic acids is 2.